The van der Waals surface area contributed by atoms with Crippen LogP contribution in [0.25, 0.3) is 0 Å². The van der Waals surface area contributed by atoms with Gasteiger partial charge in [0.15, 0.2) is 0 Å². The molecule has 0 bridgehead atoms. The first-order valence-corrected chi connectivity index (χ1v) is 6.45. The number of ether oxygens (including phenoxy) is 2. The topological polar surface area (TPSA) is 44.5 Å². The van der Waals surface area contributed by atoms with Crippen LogP contribution in [0.3, 0.4) is 0 Å². The van der Waals surface area contributed by atoms with Crippen LogP contribution in [0.1, 0.15) is 24.0 Å². The second kappa shape index (κ2) is 7.25. The minimum atomic E-state index is -0.297. The highest BCUT2D eigenvalue weighted by molar-refractivity contribution is 5.37. The highest BCUT2D eigenvalue weighted by Crippen LogP contribution is 2.15. The van der Waals surface area contributed by atoms with Gasteiger partial charge in [0.2, 0.25) is 0 Å². The van der Waals surface area contributed by atoms with Crippen LogP contribution < -0.4 is 5.73 Å². The highest BCUT2D eigenvalue weighted by Gasteiger charge is 2.14. The molecule has 3 nitrogen and oxygen atoms in total. The molecule has 0 atom stereocenters. The molecule has 0 saturated carbocycles. The molecule has 0 amide bonds. The van der Waals surface area contributed by atoms with Gasteiger partial charge in [0.05, 0.1) is 19.3 Å². The molecule has 1 saturated heterocycles. The average molecular weight is 263 g/mol. The molecule has 0 aromatic heterocycles. The Morgan fingerprint density at radius 1 is 1.32 bits per heavy atom. The maximum Gasteiger partial charge on any atom is 0.124 e. The fourth-order valence-corrected chi connectivity index (χ4v) is 2.02. The lowest BCUT2D eigenvalue weighted by Gasteiger charge is -2.22. The van der Waals surface area contributed by atoms with Gasteiger partial charge in [-0.3, -0.25) is 0 Å². The first-order chi connectivity index (χ1) is 9.28. The van der Waals surface area contributed by atoms with Gasteiger partial charge in [-0.15, -0.1) is 0 Å². The van der Waals surface area contributed by atoms with Crippen LogP contribution in [0.5, 0.6) is 0 Å². The molecule has 0 aliphatic carbocycles. The van der Waals surface area contributed by atoms with Crippen molar-refractivity contribution < 1.29 is 13.9 Å². The van der Waals surface area contributed by atoms with Crippen molar-refractivity contribution in [2.45, 2.75) is 25.6 Å². The van der Waals surface area contributed by atoms with E-state index in [2.05, 4.69) is 11.8 Å². The zero-order chi connectivity index (χ0) is 13.5. The van der Waals surface area contributed by atoms with E-state index in [1.807, 2.05) is 6.07 Å². The number of hydrogen-bond acceptors (Lipinski definition) is 3. The molecular weight excluding hydrogens is 245 g/mol. The van der Waals surface area contributed by atoms with Gasteiger partial charge >= 0.3 is 0 Å². The van der Waals surface area contributed by atoms with Gasteiger partial charge in [0.1, 0.15) is 5.82 Å². The quantitative estimate of drug-likeness (QED) is 0.846. The summed E-state index contributed by atoms with van der Waals surface area (Å²) in [4.78, 5) is 0. The van der Waals surface area contributed by atoms with Crippen LogP contribution in [0.2, 0.25) is 0 Å². The second-order valence-electron chi connectivity index (χ2n) is 4.48. The normalized spacial score (nSPS) is 15.9. The standard InChI is InChI=1S/C15H18FNO2/c16-14-9-12(2-1-5-17)8-13(10-14)11-19-15-3-6-18-7-4-15/h8-10,15H,3-7,11,17H2. The predicted octanol–water partition coefficient (Wildman–Crippen LogP) is 1.83. The lowest BCUT2D eigenvalue weighted by Crippen LogP contribution is -2.23. The molecule has 19 heavy (non-hydrogen) atoms. The Morgan fingerprint density at radius 3 is 2.84 bits per heavy atom. The van der Waals surface area contributed by atoms with Gasteiger partial charge in [0, 0.05) is 18.8 Å². The molecule has 0 unspecified atom stereocenters. The summed E-state index contributed by atoms with van der Waals surface area (Å²) in [5.41, 5.74) is 6.74. The number of halogens is 1. The number of rotatable bonds is 3. The highest BCUT2D eigenvalue weighted by atomic mass is 19.1. The third kappa shape index (κ3) is 4.64. The van der Waals surface area contributed by atoms with Gasteiger partial charge in [-0.2, -0.15) is 0 Å². The van der Waals surface area contributed by atoms with Gasteiger partial charge in [-0.05, 0) is 36.6 Å². The smallest absolute Gasteiger partial charge is 0.124 e. The summed E-state index contributed by atoms with van der Waals surface area (Å²) >= 11 is 0. The van der Waals surface area contributed by atoms with Crippen LogP contribution in [-0.2, 0) is 16.1 Å². The summed E-state index contributed by atoms with van der Waals surface area (Å²) in [6.45, 7) is 2.15. The Bertz CT molecular complexity index is 473. The third-order valence-corrected chi connectivity index (χ3v) is 2.95. The largest absolute Gasteiger partial charge is 0.381 e. The third-order valence-electron chi connectivity index (χ3n) is 2.95. The molecule has 102 valence electrons. The number of hydrogen-bond donors (Lipinski definition) is 1. The fourth-order valence-electron chi connectivity index (χ4n) is 2.02. The number of nitrogens with two attached hydrogens (primary N) is 1. The van der Waals surface area contributed by atoms with E-state index in [0.29, 0.717) is 12.2 Å². The van der Waals surface area contributed by atoms with Crippen molar-refractivity contribution in [1.82, 2.24) is 0 Å². The molecule has 0 spiro atoms. The predicted molar refractivity (Wildman–Crippen MR) is 71.0 cm³/mol. The summed E-state index contributed by atoms with van der Waals surface area (Å²) in [5.74, 6) is 5.25. The first kappa shape index (κ1) is 14.0. The van der Waals surface area contributed by atoms with Gasteiger partial charge in [-0.1, -0.05) is 11.8 Å². The minimum Gasteiger partial charge on any atom is -0.381 e. The van der Waals surface area contributed by atoms with Gasteiger partial charge in [-0.25, -0.2) is 4.39 Å². The average Bonchev–Trinajstić information content (AvgIpc) is 2.43. The van der Waals surface area contributed by atoms with E-state index < -0.39 is 0 Å². The lowest BCUT2D eigenvalue weighted by molar-refractivity contribution is -0.0391. The zero-order valence-electron chi connectivity index (χ0n) is 10.8. The molecule has 1 aliphatic rings. The fraction of sp³-hybridized carbons (Fsp3) is 0.467. The second-order valence-corrected chi connectivity index (χ2v) is 4.48. The Labute approximate surface area is 112 Å². The van der Waals surface area contributed by atoms with Crippen molar-refractivity contribution in [2.75, 3.05) is 19.8 Å². The van der Waals surface area contributed by atoms with Crippen molar-refractivity contribution in [3.63, 3.8) is 0 Å². The summed E-state index contributed by atoms with van der Waals surface area (Å²) in [6, 6.07) is 4.72. The van der Waals surface area contributed by atoms with Crippen molar-refractivity contribution >= 4 is 0 Å². The van der Waals surface area contributed by atoms with Crippen LogP contribution in [0.4, 0.5) is 4.39 Å². The molecule has 4 heteroatoms. The zero-order valence-corrected chi connectivity index (χ0v) is 10.8. The van der Waals surface area contributed by atoms with Crippen molar-refractivity contribution in [3.05, 3.63) is 35.1 Å². The van der Waals surface area contributed by atoms with E-state index in [-0.39, 0.29) is 18.5 Å². The van der Waals surface area contributed by atoms with Gasteiger partial charge in [0.25, 0.3) is 0 Å². The minimum absolute atomic E-state index is 0.204. The summed E-state index contributed by atoms with van der Waals surface area (Å²) in [5, 5.41) is 0. The summed E-state index contributed by atoms with van der Waals surface area (Å²) < 4.78 is 24.5. The molecule has 0 radical (unpaired) electrons. The molecule has 2 N–H and O–H groups in total. The number of benzene rings is 1. The van der Waals surface area contributed by atoms with Crippen LogP contribution in [0, 0.1) is 17.7 Å². The molecule has 1 aliphatic heterocycles. The molecule has 1 aromatic carbocycles. The SMILES string of the molecule is NCC#Cc1cc(F)cc(COC2CCOCC2)c1. The maximum atomic E-state index is 13.4. The van der Waals surface area contributed by atoms with Crippen molar-refractivity contribution in [2.24, 2.45) is 5.73 Å². The van der Waals surface area contributed by atoms with E-state index >= 15 is 0 Å². The van der Waals surface area contributed by atoms with E-state index in [1.165, 1.54) is 12.1 Å². The molecule has 1 fully saturated rings. The van der Waals surface area contributed by atoms with E-state index in [4.69, 9.17) is 15.2 Å². The van der Waals surface area contributed by atoms with Crippen LogP contribution in [-0.4, -0.2) is 25.9 Å². The monoisotopic (exact) mass is 263 g/mol. The van der Waals surface area contributed by atoms with Crippen molar-refractivity contribution in [1.29, 1.82) is 0 Å². The molecule has 2 rings (SSSR count). The maximum absolute atomic E-state index is 13.4. The summed E-state index contributed by atoms with van der Waals surface area (Å²) in [6.07, 6.45) is 2.00. The van der Waals surface area contributed by atoms with Crippen LogP contribution >= 0.6 is 0 Å². The van der Waals surface area contributed by atoms with Crippen molar-refractivity contribution in [3.8, 4) is 11.8 Å². The Balaban J connectivity index is 1.97. The van der Waals surface area contributed by atoms with E-state index in [1.54, 1.807) is 0 Å². The molecule has 1 aromatic rings. The lowest BCUT2D eigenvalue weighted by atomic mass is 10.1. The summed E-state index contributed by atoms with van der Waals surface area (Å²) in [7, 11) is 0. The van der Waals surface area contributed by atoms with Crippen LogP contribution in [0.15, 0.2) is 18.2 Å². The molecule has 1 heterocycles. The Morgan fingerprint density at radius 2 is 2.11 bits per heavy atom. The van der Waals surface area contributed by atoms with E-state index in [9.17, 15) is 4.39 Å². The first-order valence-electron chi connectivity index (χ1n) is 6.45. The van der Waals surface area contributed by atoms with Gasteiger partial charge < -0.3 is 15.2 Å². The Kier molecular flexibility index (Phi) is 5.34. The molecular formula is C15H18FNO2. The van der Waals surface area contributed by atoms with E-state index in [0.717, 1.165) is 31.6 Å². The Hall–Kier alpha value is -1.41.